The van der Waals surface area contributed by atoms with Gasteiger partial charge >= 0.3 is 6.09 Å². The number of cyclic esters (lactones) is 1. The quantitative estimate of drug-likeness (QED) is 0.741. The summed E-state index contributed by atoms with van der Waals surface area (Å²) in [7, 11) is 0. The first-order valence-electron chi connectivity index (χ1n) is 8.06. The van der Waals surface area contributed by atoms with Crippen LogP contribution in [0, 0.1) is 6.92 Å². The van der Waals surface area contributed by atoms with E-state index in [1.54, 1.807) is 24.9 Å². The van der Waals surface area contributed by atoms with E-state index in [1.165, 1.54) is 4.68 Å². The van der Waals surface area contributed by atoms with E-state index in [0.29, 0.717) is 18.3 Å². The zero-order valence-electron chi connectivity index (χ0n) is 14.3. The fourth-order valence-corrected chi connectivity index (χ4v) is 2.81. The summed E-state index contributed by atoms with van der Waals surface area (Å²) >= 11 is 0. The monoisotopic (exact) mass is 351 g/mol. The lowest BCUT2D eigenvalue weighted by atomic mass is 9.94. The Morgan fingerprint density at radius 3 is 2.88 bits per heavy atom. The molecular formula is C17H17N7O2. The first-order valence-corrected chi connectivity index (χ1v) is 8.06. The summed E-state index contributed by atoms with van der Waals surface area (Å²) in [4.78, 5) is 23.9. The average molecular weight is 351 g/mol. The Hall–Kier alpha value is -3.49. The molecule has 1 aliphatic heterocycles. The minimum Gasteiger partial charge on any atom is -0.436 e. The van der Waals surface area contributed by atoms with Gasteiger partial charge < -0.3 is 15.4 Å². The maximum atomic E-state index is 11.4. The van der Waals surface area contributed by atoms with Crippen molar-refractivity contribution in [2.75, 3.05) is 11.9 Å². The molecule has 26 heavy (non-hydrogen) atoms. The Labute approximate surface area is 149 Å². The standard InChI is InChI=1S/C17H17N7O2/c1-11-5-12(17(2)9-20-16(25)26-17)7-13(6-11)22-15-21-10-24(23-15)14-8-18-3-4-19-14/h3-8,10H,9H2,1-2H3,(H,20,25)(H,22,23). The highest BCUT2D eigenvalue weighted by Gasteiger charge is 2.37. The molecule has 3 aromatic rings. The van der Waals surface area contributed by atoms with Crippen molar-refractivity contribution in [2.45, 2.75) is 19.4 Å². The molecule has 0 radical (unpaired) electrons. The smallest absolute Gasteiger partial charge is 0.408 e. The number of carbonyl (C=O) groups excluding carboxylic acids is 1. The lowest BCUT2D eigenvalue weighted by molar-refractivity contribution is 0.0704. The van der Waals surface area contributed by atoms with Gasteiger partial charge in [-0.1, -0.05) is 6.07 Å². The topological polar surface area (TPSA) is 107 Å². The Bertz CT molecular complexity index is 957. The molecule has 1 aliphatic rings. The van der Waals surface area contributed by atoms with E-state index in [4.69, 9.17) is 4.74 Å². The van der Waals surface area contributed by atoms with Crippen LogP contribution in [0.2, 0.25) is 0 Å². The van der Waals surface area contributed by atoms with Gasteiger partial charge in [-0.15, -0.1) is 5.10 Å². The second-order valence-electron chi connectivity index (χ2n) is 6.26. The van der Waals surface area contributed by atoms with Crippen LogP contribution in [0.5, 0.6) is 0 Å². The summed E-state index contributed by atoms with van der Waals surface area (Å²) in [6, 6.07) is 5.90. The van der Waals surface area contributed by atoms with Gasteiger partial charge in [-0.3, -0.25) is 4.98 Å². The van der Waals surface area contributed by atoms with Crippen molar-refractivity contribution >= 4 is 17.7 Å². The number of aromatic nitrogens is 5. The SMILES string of the molecule is Cc1cc(Nc2ncn(-c3cnccn3)n2)cc(C2(C)CNC(=O)O2)c1. The molecule has 0 bridgehead atoms. The van der Waals surface area contributed by atoms with E-state index < -0.39 is 11.7 Å². The number of alkyl carbamates (subject to hydrolysis) is 1. The summed E-state index contributed by atoms with van der Waals surface area (Å²) in [6.07, 6.45) is 5.94. The Morgan fingerprint density at radius 2 is 2.15 bits per heavy atom. The number of hydrogen-bond donors (Lipinski definition) is 2. The van der Waals surface area contributed by atoms with Crippen LogP contribution < -0.4 is 10.6 Å². The molecule has 132 valence electrons. The second-order valence-corrected chi connectivity index (χ2v) is 6.26. The van der Waals surface area contributed by atoms with Crippen molar-refractivity contribution in [1.82, 2.24) is 30.0 Å². The number of amides is 1. The van der Waals surface area contributed by atoms with Crippen LogP contribution >= 0.6 is 0 Å². The van der Waals surface area contributed by atoms with Crippen molar-refractivity contribution in [2.24, 2.45) is 0 Å². The number of benzene rings is 1. The summed E-state index contributed by atoms with van der Waals surface area (Å²) in [6.45, 7) is 4.28. The van der Waals surface area contributed by atoms with E-state index in [9.17, 15) is 4.79 Å². The highest BCUT2D eigenvalue weighted by atomic mass is 16.6. The third kappa shape index (κ3) is 3.06. The normalized spacial score (nSPS) is 19.1. The third-order valence-corrected chi connectivity index (χ3v) is 4.11. The summed E-state index contributed by atoms with van der Waals surface area (Å²) < 4.78 is 6.97. The van der Waals surface area contributed by atoms with E-state index >= 15 is 0 Å². The molecule has 1 saturated heterocycles. The van der Waals surface area contributed by atoms with E-state index in [-0.39, 0.29) is 0 Å². The van der Waals surface area contributed by atoms with Gasteiger partial charge in [-0.05, 0) is 37.1 Å². The van der Waals surface area contributed by atoms with Gasteiger partial charge in [-0.2, -0.15) is 9.67 Å². The molecule has 0 aliphatic carbocycles. The van der Waals surface area contributed by atoms with Gasteiger partial charge in [0, 0.05) is 18.1 Å². The average Bonchev–Trinajstić information content (AvgIpc) is 3.22. The Morgan fingerprint density at radius 1 is 1.27 bits per heavy atom. The number of anilines is 2. The first kappa shape index (κ1) is 16.0. The summed E-state index contributed by atoms with van der Waals surface area (Å²) in [5.74, 6) is 1.01. The molecule has 0 saturated carbocycles. The number of nitrogens with zero attached hydrogens (tertiary/aromatic N) is 5. The largest absolute Gasteiger partial charge is 0.436 e. The number of carbonyl (C=O) groups is 1. The molecule has 0 spiro atoms. The Balaban J connectivity index is 1.59. The van der Waals surface area contributed by atoms with Gasteiger partial charge in [0.25, 0.3) is 0 Å². The van der Waals surface area contributed by atoms with Crippen LogP contribution in [0.1, 0.15) is 18.1 Å². The lowest BCUT2D eigenvalue weighted by Crippen LogP contribution is -2.26. The van der Waals surface area contributed by atoms with Crippen molar-refractivity contribution in [3.63, 3.8) is 0 Å². The fraction of sp³-hybridized carbons (Fsp3) is 0.235. The summed E-state index contributed by atoms with van der Waals surface area (Å²) in [5, 5.41) is 10.2. The Kier molecular flexibility index (Phi) is 3.76. The molecule has 9 nitrogen and oxygen atoms in total. The number of aryl methyl sites for hydroxylation is 1. The second kappa shape index (κ2) is 6.10. The highest BCUT2D eigenvalue weighted by molar-refractivity contribution is 5.71. The molecule has 1 unspecified atom stereocenters. The predicted molar refractivity (Wildman–Crippen MR) is 93.2 cm³/mol. The number of ether oxygens (including phenoxy) is 1. The maximum Gasteiger partial charge on any atom is 0.408 e. The lowest BCUT2D eigenvalue weighted by Gasteiger charge is -2.22. The number of rotatable bonds is 4. The molecule has 3 heterocycles. The van der Waals surface area contributed by atoms with Crippen molar-refractivity contribution < 1.29 is 9.53 Å². The summed E-state index contributed by atoms with van der Waals surface area (Å²) in [5.41, 5.74) is 2.03. The van der Waals surface area contributed by atoms with Crippen molar-refractivity contribution in [1.29, 1.82) is 0 Å². The van der Waals surface area contributed by atoms with Gasteiger partial charge in [0.1, 0.15) is 6.33 Å². The molecular weight excluding hydrogens is 334 g/mol. The highest BCUT2D eigenvalue weighted by Crippen LogP contribution is 2.31. The molecule has 1 fully saturated rings. The minimum absolute atomic E-state index is 0.409. The molecule has 2 N–H and O–H groups in total. The zero-order chi connectivity index (χ0) is 18.1. The van der Waals surface area contributed by atoms with Crippen molar-refractivity contribution in [3.05, 3.63) is 54.2 Å². The van der Waals surface area contributed by atoms with Gasteiger partial charge in [0.2, 0.25) is 5.95 Å². The van der Waals surface area contributed by atoms with Crippen molar-refractivity contribution in [3.8, 4) is 5.82 Å². The van der Waals surface area contributed by atoms with Crippen LogP contribution in [0.15, 0.2) is 43.1 Å². The molecule has 1 atom stereocenters. The van der Waals surface area contributed by atoms with Crippen LogP contribution in [0.3, 0.4) is 0 Å². The van der Waals surface area contributed by atoms with E-state index in [1.807, 2.05) is 32.0 Å². The minimum atomic E-state index is -0.702. The van der Waals surface area contributed by atoms with Gasteiger partial charge in [0.05, 0.1) is 12.7 Å². The van der Waals surface area contributed by atoms with Gasteiger partial charge in [-0.25, -0.2) is 9.78 Å². The van der Waals surface area contributed by atoms with E-state index in [0.717, 1.165) is 16.8 Å². The third-order valence-electron chi connectivity index (χ3n) is 4.11. The molecule has 4 rings (SSSR count). The molecule has 1 aromatic carbocycles. The first-order chi connectivity index (χ1) is 12.5. The number of nitrogens with one attached hydrogen (secondary N) is 2. The van der Waals surface area contributed by atoms with Crippen LogP contribution in [0.4, 0.5) is 16.4 Å². The molecule has 1 amide bonds. The number of hydrogen-bond acceptors (Lipinski definition) is 7. The van der Waals surface area contributed by atoms with Crippen LogP contribution in [-0.2, 0) is 10.3 Å². The van der Waals surface area contributed by atoms with Crippen LogP contribution in [0.25, 0.3) is 5.82 Å². The molecule has 9 heteroatoms. The maximum absolute atomic E-state index is 11.4. The zero-order valence-corrected chi connectivity index (χ0v) is 14.3. The predicted octanol–water partition coefficient (Wildman–Crippen LogP) is 2.06. The van der Waals surface area contributed by atoms with E-state index in [2.05, 4.69) is 30.7 Å². The fourth-order valence-electron chi connectivity index (χ4n) is 2.81. The van der Waals surface area contributed by atoms with Gasteiger partial charge in [0.15, 0.2) is 11.4 Å². The molecule has 2 aromatic heterocycles. The van der Waals surface area contributed by atoms with Crippen LogP contribution in [-0.4, -0.2) is 37.4 Å².